The average Bonchev–Trinajstić information content (AvgIpc) is 2.21. The summed E-state index contributed by atoms with van der Waals surface area (Å²) in [4.78, 5) is 21.6. The van der Waals surface area contributed by atoms with Crippen molar-refractivity contribution in [3.05, 3.63) is 12.2 Å². The zero-order valence-electron chi connectivity index (χ0n) is 9.18. The van der Waals surface area contributed by atoms with Crippen LogP contribution in [0.3, 0.4) is 0 Å². The second kappa shape index (κ2) is 5.87. The van der Waals surface area contributed by atoms with Crippen LogP contribution in [0.5, 0.6) is 0 Å². The Bertz CT molecular complexity index is 454. The molecular weight excluding hydrogens is 278 g/mol. The molecule has 7 nitrogen and oxygen atoms in total. The number of hydrogen-bond acceptors (Lipinski definition) is 6. The van der Waals surface area contributed by atoms with Gasteiger partial charge in [-0.1, -0.05) is 6.58 Å². The Morgan fingerprint density at radius 2 is 1.83 bits per heavy atom. The number of esters is 2. The summed E-state index contributed by atoms with van der Waals surface area (Å²) in [5.74, 6) is -2.33. The van der Waals surface area contributed by atoms with Gasteiger partial charge < -0.3 is 9.47 Å². The highest BCUT2D eigenvalue weighted by Crippen LogP contribution is 2.20. The molecule has 0 rings (SSSR count). The SMILES string of the molecule is C=C(C)C(=O)OCC(=O)OCC(F)(F)S(=O)(=O)O. The van der Waals surface area contributed by atoms with Gasteiger partial charge in [0, 0.05) is 5.57 Å². The average molecular weight is 288 g/mol. The Hall–Kier alpha value is -1.55. The van der Waals surface area contributed by atoms with Crippen LogP contribution in [0, 0.1) is 0 Å². The lowest BCUT2D eigenvalue weighted by Gasteiger charge is -2.12. The van der Waals surface area contributed by atoms with Crippen LogP contribution in [-0.2, 0) is 29.2 Å². The topological polar surface area (TPSA) is 107 Å². The summed E-state index contributed by atoms with van der Waals surface area (Å²) in [7, 11) is -5.68. The second-order valence-electron chi connectivity index (χ2n) is 3.13. The van der Waals surface area contributed by atoms with Crippen LogP contribution in [0.2, 0.25) is 0 Å². The van der Waals surface area contributed by atoms with E-state index in [0.717, 1.165) is 0 Å². The third-order valence-electron chi connectivity index (χ3n) is 1.45. The van der Waals surface area contributed by atoms with Gasteiger partial charge in [-0.2, -0.15) is 17.2 Å². The van der Waals surface area contributed by atoms with E-state index in [1.165, 1.54) is 6.92 Å². The van der Waals surface area contributed by atoms with Gasteiger partial charge in [0.25, 0.3) is 0 Å². The zero-order chi connectivity index (χ0) is 14.6. The first-order valence-electron chi connectivity index (χ1n) is 4.30. The van der Waals surface area contributed by atoms with Crippen LogP contribution in [0.25, 0.3) is 0 Å². The monoisotopic (exact) mass is 288 g/mol. The summed E-state index contributed by atoms with van der Waals surface area (Å²) in [5, 5.41) is -4.62. The molecule has 0 aromatic heterocycles. The number of ether oxygens (including phenoxy) is 2. The van der Waals surface area contributed by atoms with Crippen LogP contribution in [0.1, 0.15) is 6.92 Å². The lowest BCUT2D eigenvalue weighted by molar-refractivity contribution is -0.160. The first kappa shape index (κ1) is 16.4. The van der Waals surface area contributed by atoms with E-state index < -0.39 is 40.5 Å². The molecule has 18 heavy (non-hydrogen) atoms. The van der Waals surface area contributed by atoms with E-state index in [-0.39, 0.29) is 5.57 Å². The first-order valence-corrected chi connectivity index (χ1v) is 5.74. The molecule has 0 aliphatic rings. The maximum Gasteiger partial charge on any atom is 0.402 e. The van der Waals surface area contributed by atoms with Gasteiger partial charge in [-0.15, -0.1) is 0 Å². The van der Waals surface area contributed by atoms with Gasteiger partial charge in [0.15, 0.2) is 13.2 Å². The number of halogens is 2. The van der Waals surface area contributed by atoms with Crippen molar-refractivity contribution in [3.8, 4) is 0 Å². The Morgan fingerprint density at radius 1 is 1.33 bits per heavy atom. The van der Waals surface area contributed by atoms with Crippen molar-refractivity contribution >= 4 is 22.1 Å². The highest BCUT2D eigenvalue weighted by molar-refractivity contribution is 7.86. The van der Waals surface area contributed by atoms with Gasteiger partial charge in [-0.05, 0) is 6.92 Å². The summed E-state index contributed by atoms with van der Waals surface area (Å²) in [6.07, 6.45) is 0. The van der Waals surface area contributed by atoms with Crippen molar-refractivity contribution < 1.29 is 40.8 Å². The molecule has 0 spiro atoms. The predicted octanol–water partition coefficient (Wildman–Crippen LogP) is 0.129. The Balaban J connectivity index is 4.21. The summed E-state index contributed by atoms with van der Waals surface area (Å²) >= 11 is 0. The van der Waals surface area contributed by atoms with Crippen LogP contribution in [0.15, 0.2) is 12.2 Å². The first-order chi connectivity index (χ1) is 7.97. The van der Waals surface area contributed by atoms with Gasteiger partial charge in [-0.3, -0.25) is 4.55 Å². The highest BCUT2D eigenvalue weighted by Gasteiger charge is 2.45. The Kier molecular flexibility index (Phi) is 5.36. The summed E-state index contributed by atoms with van der Waals surface area (Å²) in [6.45, 7) is 1.62. The number of carbonyl (C=O) groups is 2. The largest absolute Gasteiger partial charge is 0.455 e. The number of hydrogen-bond donors (Lipinski definition) is 1. The van der Waals surface area contributed by atoms with Gasteiger partial charge >= 0.3 is 27.3 Å². The van der Waals surface area contributed by atoms with E-state index in [2.05, 4.69) is 16.1 Å². The maximum absolute atomic E-state index is 12.6. The lowest BCUT2D eigenvalue weighted by atomic mass is 10.4. The van der Waals surface area contributed by atoms with Crippen LogP contribution >= 0.6 is 0 Å². The smallest absolute Gasteiger partial charge is 0.402 e. The van der Waals surface area contributed by atoms with Gasteiger partial charge in [0.05, 0.1) is 0 Å². The third kappa shape index (κ3) is 5.19. The molecule has 0 atom stereocenters. The van der Waals surface area contributed by atoms with E-state index in [9.17, 15) is 26.8 Å². The van der Waals surface area contributed by atoms with Crippen molar-refractivity contribution in [1.29, 1.82) is 0 Å². The predicted molar refractivity (Wildman–Crippen MR) is 53.2 cm³/mol. The molecule has 0 radical (unpaired) electrons. The number of alkyl halides is 2. The molecule has 0 unspecified atom stereocenters. The second-order valence-corrected chi connectivity index (χ2v) is 4.68. The van der Waals surface area contributed by atoms with Gasteiger partial charge in [0.1, 0.15) is 0 Å². The Morgan fingerprint density at radius 3 is 2.22 bits per heavy atom. The van der Waals surface area contributed by atoms with Crippen LogP contribution in [0.4, 0.5) is 8.78 Å². The molecule has 0 bridgehead atoms. The fraction of sp³-hybridized carbons (Fsp3) is 0.500. The van der Waals surface area contributed by atoms with Crippen molar-refractivity contribution in [2.24, 2.45) is 0 Å². The van der Waals surface area contributed by atoms with Crippen LogP contribution < -0.4 is 0 Å². The summed E-state index contributed by atoms with van der Waals surface area (Å²) < 4.78 is 61.6. The van der Waals surface area contributed by atoms with E-state index in [4.69, 9.17) is 4.55 Å². The van der Waals surface area contributed by atoms with Gasteiger partial charge in [0.2, 0.25) is 0 Å². The van der Waals surface area contributed by atoms with Crippen LogP contribution in [-0.4, -0.2) is 43.4 Å². The van der Waals surface area contributed by atoms with Gasteiger partial charge in [-0.25, -0.2) is 9.59 Å². The molecule has 0 saturated heterocycles. The van der Waals surface area contributed by atoms with E-state index in [0.29, 0.717) is 0 Å². The summed E-state index contributed by atoms with van der Waals surface area (Å²) in [6, 6.07) is 0. The van der Waals surface area contributed by atoms with E-state index >= 15 is 0 Å². The molecule has 0 aromatic carbocycles. The normalized spacial score (nSPS) is 11.8. The highest BCUT2D eigenvalue weighted by atomic mass is 32.2. The van der Waals surface area contributed by atoms with E-state index in [1.54, 1.807) is 0 Å². The maximum atomic E-state index is 12.6. The molecule has 0 aliphatic carbocycles. The minimum Gasteiger partial charge on any atom is -0.455 e. The molecule has 0 aliphatic heterocycles. The quantitative estimate of drug-likeness (QED) is 0.420. The minimum absolute atomic E-state index is 0.0222. The van der Waals surface area contributed by atoms with Crippen molar-refractivity contribution in [2.45, 2.75) is 12.2 Å². The fourth-order valence-electron chi connectivity index (χ4n) is 0.528. The fourth-order valence-corrected chi connectivity index (χ4v) is 0.736. The molecule has 0 amide bonds. The molecule has 10 heteroatoms. The lowest BCUT2D eigenvalue weighted by Crippen LogP contribution is -2.35. The molecular formula is C8H10F2O7S. The molecule has 1 N–H and O–H groups in total. The number of carbonyl (C=O) groups excluding carboxylic acids is 2. The standard InChI is InChI=1S/C8H10F2O7S/c1-5(2)7(12)16-3-6(11)17-4-8(9,10)18(13,14)15/h1,3-4H2,2H3,(H,13,14,15). The van der Waals surface area contributed by atoms with Crippen molar-refractivity contribution in [2.75, 3.05) is 13.2 Å². The van der Waals surface area contributed by atoms with E-state index in [1.807, 2.05) is 0 Å². The summed E-state index contributed by atoms with van der Waals surface area (Å²) in [5.41, 5.74) is -0.0222. The third-order valence-corrected chi connectivity index (χ3v) is 2.32. The van der Waals surface area contributed by atoms with Crippen molar-refractivity contribution in [1.82, 2.24) is 0 Å². The molecule has 104 valence electrons. The minimum atomic E-state index is -5.68. The zero-order valence-corrected chi connectivity index (χ0v) is 10.00. The Labute approximate surface area is 101 Å². The number of rotatable bonds is 6. The molecule has 0 heterocycles. The molecule has 0 fully saturated rings. The van der Waals surface area contributed by atoms with Crippen molar-refractivity contribution in [3.63, 3.8) is 0 Å². The molecule has 0 aromatic rings. The molecule has 0 saturated carbocycles.